The molecule has 7 heteroatoms. The molecule has 1 fully saturated rings. The third-order valence-corrected chi connectivity index (χ3v) is 3.46. The van der Waals surface area contributed by atoms with E-state index >= 15 is 0 Å². The van der Waals surface area contributed by atoms with Gasteiger partial charge in [0.1, 0.15) is 6.04 Å². The molecular formula is C14H15N5O2. The molecule has 108 valence electrons. The molecule has 3 heterocycles. The molecule has 2 aromatic heterocycles. The van der Waals surface area contributed by atoms with Crippen LogP contribution < -0.4 is 10.2 Å². The second kappa shape index (κ2) is 5.35. The van der Waals surface area contributed by atoms with Crippen LogP contribution in [0.2, 0.25) is 0 Å². The van der Waals surface area contributed by atoms with Gasteiger partial charge in [-0.2, -0.15) is 5.10 Å². The van der Waals surface area contributed by atoms with E-state index in [1.54, 1.807) is 53.5 Å². The number of carbonyl (C=O) groups excluding carboxylic acids is 2. The van der Waals surface area contributed by atoms with E-state index in [1.165, 1.54) is 0 Å². The van der Waals surface area contributed by atoms with Gasteiger partial charge in [-0.1, -0.05) is 0 Å². The van der Waals surface area contributed by atoms with Crippen LogP contribution >= 0.6 is 0 Å². The SMILES string of the molecule is Cn1cc(N2CCC(NC(=O)c3ccncc3)C2=O)cn1. The predicted molar refractivity (Wildman–Crippen MR) is 75.7 cm³/mol. The Morgan fingerprint density at radius 1 is 1.38 bits per heavy atom. The normalized spacial score (nSPS) is 18.0. The lowest BCUT2D eigenvalue weighted by Crippen LogP contribution is -2.41. The van der Waals surface area contributed by atoms with E-state index in [9.17, 15) is 9.59 Å². The predicted octanol–water partition coefficient (Wildman–Crippen LogP) is 0.350. The Kier molecular flexibility index (Phi) is 3.39. The average molecular weight is 285 g/mol. The molecule has 1 unspecified atom stereocenters. The van der Waals surface area contributed by atoms with Crippen molar-refractivity contribution in [1.29, 1.82) is 0 Å². The Morgan fingerprint density at radius 2 is 2.14 bits per heavy atom. The molecule has 0 aromatic carbocycles. The highest BCUT2D eigenvalue weighted by atomic mass is 16.2. The fourth-order valence-corrected chi connectivity index (χ4v) is 2.36. The number of nitrogens with zero attached hydrogens (tertiary/aromatic N) is 4. The summed E-state index contributed by atoms with van der Waals surface area (Å²) in [7, 11) is 1.80. The van der Waals surface area contributed by atoms with E-state index in [0.29, 0.717) is 18.5 Å². The van der Waals surface area contributed by atoms with Crippen LogP contribution in [0.5, 0.6) is 0 Å². The molecule has 0 aliphatic carbocycles. The first-order valence-corrected chi connectivity index (χ1v) is 6.66. The van der Waals surface area contributed by atoms with Gasteiger partial charge in [0.15, 0.2) is 0 Å². The minimum atomic E-state index is -0.495. The quantitative estimate of drug-likeness (QED) is 0.882. The Balaban J connectivity index is 1.68. The fourth-order valence-electron chi connectivity index (χ4n) is 2.36. The zero-order chi connectivity index (χ0) is 14.8. The maximum absolute atomic E-state index is 12.3. The molecule has 3 rings (SSSR count). The van der Waals surface area contributed by atoms with Crippen molar-refractivity contribution in [3.05, 3.63) is 42.5 Å². The highest BCUT2D eigenvalue weighted by Crippen LogP contribution is 2.20. The summed E-state index contributed by atoms with van der Waals surface area (Å²) in [5.74, 6) is -0.366. The van der Waals surface area contributed by atoms with Crippen molar-refractivity contribution in [2.75, 3.05) is 11.4 Å². The van der Waals surface area contributed by atoms with Gasteiger partial charge in [0.25, 0.3) is 5.91 Å². The fraction of sp³-hybridized carbons (Fsp3) is 0.286. The molecule has 0 spiro atoms. The Hall–Kier alpha value is -2.70. The lowest BCUT2D eigenvalue weighted by molar-refractivity contribution is -0.118. The van der Waals surface area contributed by atoms with Gasteiger partial charge in [0.2, 0.25) is 5.91 Å². The molecule has 2 aromatic rings. The summed E-state index contributed by atoms with van der Waals surface area (Å²) < 4.78 is 1.64. The van der Waals surface area contributed by atoms with Crippen LogP contribution in [-0.2, 0) is 11.8 Å². The van der Waals surface area contributed by atoms with Crippen molar-refractivity contribution < 1.29 is 9.59 Å². The lowest BCUT2D eigenvalue weighted by atomic mass is 10.2. The maximum atomic E-state index is 12.3. The van der Waals surface area contributed by atoms with Gasteiger partial charge in [-0.15, -0.1) is 0 Å². The van der Waals surface area contributed by atoms with Crippen LogP contribution in [0.4, 0.5) is 5.69 Å². The number of nitrogens with one attached hydrogen (secondary N) is 1. The second-order valence-electron chi connectivity index (χ2n) is 4.91. The van der Waals surface area contributed by atoms with Gasteiger partial charge in [-0.3, -0.25) is 19.3 Å². The van der Waals surface area contributed by atoms with E-state index in [4.69, 9.17) is 0 Å². The molecule has 1 aliphatic rings. The number of pyridine rings is 1. The molecule has 1 atom stereocenters. The van der Waals surface area contributed by atoms with Gasteiger partial charge in [-0.25, -0.2) is 0 Å². The van der Waals surface area contributed by atoms with Gasteiger partial charge in [0, 0.05) is 37.7 Å². The van der Waals surface area contributed by atoms with Crippen LogP contribution in [-0.4, -0.2) is 39.2 Å². The minimum Gasteiger partial charge on any atom is -0.340 e. The molecule has 0 saturated carbocycles. The number of hydrogen-bond donors (Lipinski definition) is 1. The van der Waals surface area contributed by atoms with Gasteiger partial charge >= 0.3 is 0 Å². The number of aryl methyl sites for hydroxylation is 1. The molecule has 21 heavy (non-hydrogen) atoms. The van der Waals surface area contributed by atoms with E-state index < -0.39 is 6.04 Å². The third-order valence-electron chi connectivity index (χ3n) is 3.46. The minimum absolute atomic E-state index is 0.106. The smallest absolute Gasteiger partial charge is 0.252 e. The van der Waals surface area contributed by atoms with Crippen LogP contribution in [0, 0.1) is 0 Å². The zero-order valence-corrected chi connectivity index (χ0v) is 11.6. The summed E-state index contributed by atoms with van der Waals surface area (Å²) in [5.41, 5.74) is 1.25. The summed E-state index contributed by atoms with van der Waals surface area (Å²) >= 11 is 0. The molecule has 7 nitrogen and oxygen atoms in total. The van der Waals surface area contributed by atoms with E-state index in [0.717, 1.165) is 5.69 Å². The highest BCUT2D eigenvalue weighted by molar-refractivity contribution is 6.03. The number of rotatable bonds is 3. The molecular weight excluding hydrogens is 270 g/mol. The van der Waals surface area contributed by atoms with E-state index in [1.807, 2.05) is 0 Å². The molecule has 1 aliphatic heterocycles. The zero-order valence-electron chi connectivity index (χ0n) is 11.6. The van der Waals surface area contributed by atoms with E-state index in [-0.39, 0.29) is 11.8 Å². The summed E-state index contributed by atoms with van der Waals surface area (Å²) in [4.78, 5) is 29.9. The van der Waals surface area contributed by atoms with Crippen LogP contribution in [0.15, 0.2) is 36.9 Å². The van der Waals surface area contributed by atoms with Crippen molar-refractivity contribution in [3.8, 4) is 0 Å². The summed E-state index contributed by atoms with van der Waals surface area (Å²) in [6, 6.07) is 2.74. The number of carbonyl (C=O) groups is 2. The first-order chi connectivity index (χ1) is 10.1. The Labute approximate surface area is 121 Å². The highest BCUT2D eigenvalue weighted by Gasteiger charge is 2.34. The molecule has 1 N–H and O–H groups in total. The lowest BCUT2D eigenvalue weighted by Gasteiger charge is -2.15. The second-order valence-corrected chi connectivity index (χ2v) is 4.91. The first-order valence-electron chi connectivity index (χ1n) is 6.66. The largest absolute Gasteiger partial charge is 0.340 e. The summed E-state index contributed by atoms with van der Waals surface area (Å²) in [6.07, 6.45) is 7.11. The van der Waals surface area contributed by atoms with Crippen molar-refractivity contribution in [2.24, 2.45) is 7.05 Å². The average Bonchev–Trinajstić information content (AvgIpc) is 3.07. The number of aromatic nitrogens is 3. The Morgan fingerprint density at radius 3 is 2.81 bits per heavy atom. The van der Waals surface area contributed by atoms with Gasteiger partial charge < -0.3 is 10.2 Å². The number of hydrogen-bond acceptors (Lipinski definition) is 4. The number of anilines is 1. The van der Waals surface area contributed by atoms with Crippen LogP contribution in [0.25, 0.3) is 0 Å². The molecule has 0 bridgehead atoms. The first kappa shape index (κ1) is 13.3. The van der Waals surface area contributed by atoms with E-state index in [2.05, 4.69) is 15.4 Å². The van der Waals surface area contributed by atoms with Crippen molar-refractivity contribution in [1.82, 2.24) is 20.1 Å². The summed E-state index contributed by atoms with van der Waals surface area (Å²) in [6.45, 7) is 0.575. The standard InChI is InChI=1S/C14H15N5O2/c1-18-9-11(8-16-18)19-7-4-12(14(19)21)17-13(20)10-2-5-15-6-3-10/h2-3,5-6,8-9,12H,4,7H2,1H3,(H,17,20). The number of amides is 2. The van der Waals surface area contributed by atoms with Gasteiger partial charge in [-0.05, 0) is 18.6 Å². The van der Waals surface area contributed by atoms with Crippen LogP contribution in [0.3, 0.4) is 0 Å². The van der Waals surface area contributed by atoms with Gasteiger partial charge in [0.05, 0.1) is 11.9 Å². The maximum Gasteiger partial charge on any atom is 0.252 e. The molecule has 2 amide bonds. The third kappa shape index (κ3) is 2.62. The monoisotopic (exact) mass is 285 g/mol. The molecule has 0 radical (unpaired) electrons. The molecule has 1 saturated heterocycles. The Bertz CT molecular complexity index is 667. The summed E-state index contributed by atoms with van der Waals surface area (Å²) in [5, 5.41) is 6.82. The topological polar surface area (TPSA) is 80.1 Å². The van der Waals surface area contributed by atoms with Crippen molar-refractivity contribution in [2.45, 2.75) is 12.5 Å². The van der Waals surface area contributed by atoms with Crippen molar-refractivity contribution in [3.63, 3.8) is 0 Å². The van der Waals surface area contributed by atoms with Crippen LogP contribution in [0.1, 0.15) is 16.8 Å². The van der Waals surface area contributed by atoms with Crippen molar-refractivity contribution >= 4 is 17.5 Å².